The van der Waals surface area contributed by atoms with Crippen molar-refractivity contribution in [3.63, 3.8) is 0 Å². The van der Waals surface area contributed by atoms with Crippen molar-refractivity contribution < 1.29 is 34.1 Å². The maximum Gasteiger partial charge on any atom is 0.306 e. The first kappa shape index (κ1) is 33.8. The number of aliphatic hydroxyl groups is 2. The minimum absolute atomic E-state index is 0.0687. The van der Waals surface area contributed by atoms with Crippen molar-refractivity contribution in [2.75, 3.05) is 13.2 Å². The van der Waals surface area contributed by atoms with E-state index in [1.807, 2.05) is 24.3 Å². The van der Waals surface area contributed by atoms with Gasteiger partial charge in [-0.3, -0.25) is 14.4 Å². The number of unbranched alkanes of at least 4 members (excludes halogenated alkanes) is 7. The number of ketones is 1. The van der Waals surface area contributed by atoms with Crippen LogP contribution in [0.3, 0.4) is 0 Å². The van der Waals surface area contributed by atoms with E-state index in [0.717, 1.165) is 57.8 Å². The number of esters is 2. The molecule has 0 saturated heterocycles. The van der Waals surface area contributed by atoms with Crippen molar-refractivity contribution >= 4 is 17.7 Å². The molecular formula is C31H50O7. The van der Waals surface area contributed by atoms with Gasteiger partial charge in [0.2, 0.25) is 0 Å². The summed E-state index contributed by atoms with van der Waals surface area (Å²) >= 11 is 0. The molecule has 0 amide bonds. The number of ether oxygens (including phenoxy) is 2. The molecule has 4 atom stereocenters. The lowest BCUT2D eigenvalue weighted by atomic mass is 9.90. The minimum Gasteiger partial charge on any atom is -0.462 e. The molecule has 0 radical (unpaired) electrons. The second-order valence-corrected chi connectivity index (χ2v) is 10.1. The molecule has 0 heterocycles. The number of rotatable bonds is 22. The molecule has 38 heavy (non-hydrogen) atoms. The Hall–Kier alpha value is -2.25. The first-order valence-electron chi connectivity index (χ1n) is 14.6. The van der Waals surface area contributed by atoms with Crippen LogP contribution in [-0.2, 0) is 23.9 Å². The van der Waals surface area contributed by atoms with Crippen molar-refractivity contribution in [1.29, 1.82) is 0 Å². The standard InChI is InChI=1S/C31H50O7/c1-3-5-7-8-13-17-30(35)37-24-27(23-32)38-31(36)18-14-10-9-12-15-25-19-22-29(34)28(25)21-20-26(33)16-11-6-4-2/h9,12,19-22,25-28,32-33H,3-8,10-11,13-18,23-24H2,1-2H3/b12-9-,21-20+/t25-,26-,27-,28+/m0/s1. The normalized spacial score (nSPS) is 18.9. The third-order valence-electron chi connectivity index (χ3n) is 6.68. The van der Waals surface area contributed by atoms with E-state index in [2.05, 4.69) is 13.8 Å². The van der Waals surface area contributed by atoms with Crippen LogP contribution < -0.4 is 0 Å². The molecule has 7 heteroatoms. The largest absolute Gasteiger partial charge is 0.462 e. The number of aliphatic hydroxyl groups excluding tert-OH is 2. The molecule has 7 nitrogen and oxygen atoms in total. The molecule has 0 spiro atoms. The second-order valence-electron chi connectivity index (χ2n) is 10.1. The highest BCUT2D eigenvalue weighted by atomic mass is 16.6. The van der Waals surface area contributed by atoms with Crippen molar-refractivity contribution in [1.82, 2.24) is 0 Å². The quantitative estimate of drug-likeness (QED) is 0.103. The van der Waals surface area contributed by atoms with E-state index in [1.165, 1.54) is 0 Å². The lowest BCUT2D eigenvalue weighted by molar-refractivity contribution is -0.161. The van der Waals surface area contributed by atoms with E-state index in [1.54, 1.807) is 12.2 Å². The SMILES string of the molecule is CCCCCCCC(=O)OC[C@H](CO)OC(=O)CCC/C=C\C[C@H]1C=CC(=O)[C@@H]1/C=C/[C@@H](O)CCCCC. The molecular weight excluding hydrogens is 484 g/mol. The monoisotopic (exact) mass is 534 g/mol. The summed E-state index contributed by atoms with van der Waals surface area (Å²) in [4.78, 5) is 36.1. The Balaban J connectivity index is 2.24. The fraction of sp³-hybridized carbons (Fsp3) is 0.710. The Morgan fingerprint density at radius 2 is 1.68 bits per heavy atom. The Labute approximate surface area is 229 Å². The molecule has 0 aromatic rings. The second kappa shape index (κ2) is 21.7. The average Bonchev–Trinajstić information content (AvgIpc) is 3.26. The van der Waals surface area contributed by atoms with Gasteiger partial charge in [-0.05, 0) is 44.1 Å². The van der Waals surface area contributed by atoms with E-state index in [-0.39, 0.29) is 36.6 Å². The molecule has 0 aromatic carbocycles. The summed E-state index contributed by atoms with van der Waals surface area (Å²) in [5, 5.41) is 19.5. The summed E-state index contributed by atoms with van der Waals surface area (Å²) in [5.41, 5.74) is 0. The molecule has 0 saturated carbocycles. The molecule has 0 fully saturated rings. The van der Waals surface area contributed by atoms with Gasteiger partial charge in [0.1, 0.15) is 6.61 Å². The van der Waals surface area contributed by atoms with Gasteiger partial charge in [-0.15, -0.1) is 0 Å². The van der Waals surface area contributed by atoms with Crippen molar-refractivity contribution in [3.05, 3.63) is 36.5 Å². The van der Waals surface area contributed by atoms with E-state index in [9.17, 15) is 24.6 Å². The fourth-order valence-corrected chi connectivity index (χ4v) is 4.31. The highest BCUT2D eigenvalue weighted by Gasteiger charge is 2.26. The fourth-order valence-electron chi connectivity index (χ4n) is 4.31. The van der Waals surface area contributed by atoms with Crippen LogP contribution in [0.2, 0.25) is 0 Å². The van der Waals surface area contributed by atoms with Gasteiger partial charge >= 0.3 is 11.9 Å². The number of hydrogen-bond donors (Lipinski definition) is 2. The van der Waals surface area contributed by atoms with Crippen LogP contribution in [0.4, 0.5) is 0 Å². The molecule has 0 bridgehead atoms. The maximum atomic E-state index is 12.2. The van der Waals surface area contributed by atoms with Gasteiger partial charge in [0.15, 0.2) is 11.9 Å². The van der Waals surface area contributed by atoms with Crippen molar-refractivity contribution in [2.45, 2.75) is 116 Å². The highest BCUT2D eigenvalue weighted by molar-refractivity contribution is 5.95. The smallest absolute Gasteiger partial charge is 0.306 e. The number of allylic oxidation sites excluding steroid dienone is 5. The molecule has 1 aliphatic carbocycles. The van der Waals surface area contributed by atoms with Gasteiger partial charge in [-0.2, -0.15) is 0 Å². The summed E-state index contributed by atoms with van der Waals surface area (Å²) < 4.78 is 10.4. The lowest BCUT2D eigenvalue weighted by Gasteiger charge is -2.15. The molecule has 2 N–H and O–H groups in total. The molecule has 216 valence electrons. The highest BCUT2D eigenvalue weighted by Crippen LogP contribution is 2.27. The molecule has 0 aromatic heterocycles. The average molecular weight is 535 g/mol. The Morgan fingerprint density at radius 3 is 2.42 bits per heavy atom. The van der Waals surface area contributed by atoms with Crippen LogP contribution in [-0.4, -0.2) is 53.4 Å². The summed E-state index contributed by atoms with van der Waals surface area (Å²) in [6, 6.07) is 0. The number of carbonyl (C=O) groups excluding carboxylic acids is 3. The molecule has 0 unspecified atom stereocenters. The van der Waals surface area contributed by atoms with E-state index >= 15 is 0 Å². The minimum atomic E-state index is -0.844. The zero-order chi connectivity index (χ0) is 28.0. The number of hydrogen-bond acceptors (Lipinski definition) is 7. The third kappa shape index (κ3) is 15.9. The van der Waals surface area contributed by atoms with Crippen LogP contribution in [0.25, 0.3) is 0 Å². The summed E-state index contributed by atoms with van der Waals surface area (Å²) in [5.74, 6) is -0.853. The predicted molar refractivity (Wildman–Crippen MR) is 149 cm³/mol. The zero-order valence-electron chi connectivity index (χ0n) is 23.5. The van der Waals surface area contributed by atoms with Gasteiger partial charge in [0.05, 0.1) is 12.7 Å². The third-order valence-corrected chi connectivity index (χ3v) is 6.68. The predicted octanol–water partition coefficient (Wildman–Crippen LogP) is 5.78. The lowest BCUT2D eigenvalue weighted by Crippen LogP contribution is -2.28. The first-order chi connectivity index (χ1) is 18.4. The van der Waals surface area contributed by atoms with Gasteiger partial charge < -0.3 is 19.7 Å². The Kier molecular flexibility index (Phi) is 19.3. The van der Waals surface area contributed by atoms with Crippen molar-refractivity contribution in [3.8, 4) is 0 Å². The zero-order valence-corrected chi connectivity index (χ0v) is 23.5. The van der Waals surface area contributed by atoms with Crippen LogP contribution in [0.5, 0.6) is 0 Å². The van der Waals surface area contributed by atoms with Crippen LogP contribution in [0.15, 0.2) is 36.5 Å². The van der Waals surface area contributed by atoms with E-state index < -0.39 is 24.8 Å². The maximum absolute atomic E-state index is 12.2. The van der Waals surface area contributed by atoms with Gasteiger partial charge in [-0.1, -0.05) is 89.2 Å². The van der Waals surface area contributed by atoms with E-state index in [4.69, 9.17) is 9.47 Å². The molecule has 1 rings (SSSR count). The molecule has 0 aliphatic heterocycles. The number of carbonyl (C=O) groups is 3. The van der Waals surface area contributed by atoms with Crippen LogP contribution >= 0.6 is 0 Å². The van der Waals surface area contributed by atoms with Crippen LogP contribution in [0.1, 0.15) is 104 Å². The van der Waals surface area contributed by atoms with Crippen LogP contribution in [0, 0.1) is 11.8 Å². The Bertz CT molecular complexity index is 755. The van der Waals surface area contributed by atoms with E-state index in [0.29, 0.717) is 25.7 Å². The summed E-state index contributed by atoms with van der Waals surface area (Å²) in [6.07, 6.45) is 21.4. The summed E-state index contributed by atoms with van der Waals surface area (Å²) in [7, 11) is 0. The summed E-state index contributed by atoms with van der Waals surface area (Å²) in [6.45, 7) is 3.74. The molecule has 1 aliphatic rings. The van der Waals surface area contributed by atoms with Gasteiger partial charge in [-0.25, -0.2) is 0 Å². The van der Waals surface area contributed by atoms with Crippen molar-refractivity contribution in [2.24, 2.45) is 11.8 Å². The Morgan fingerprint density at radius 1 is 0.974 bits per heavy atom. The first-order valence-corrected chi connectivity index (χ1v) is 14.6. The van der Waals surface area contributed by atoms with Gasteiger partial charge in [0, 0.05) is 18.8 Å². The van der Waals surface area contributed by atoms with Gasteiger partial charge in [0.25, 0.3) is 0 Å². The topological polar surface area (TPSA) is 110 Å².